The first-order valence-electron chi connectivity index (χ1n) is 9.44. The third-order valence-corrected chi connectivity index (χ3v) is 5.70. The molecular weight excluding hydrogens is 328 g/mol. The number of rotatable bonds is 0. The van der Waals surface area contributed by atoms with Gasteiger partial charge < -0.3 is 20.4 Å². The lowest BCUT2D eigenvalue weighted by Crippen LogP contribution is -2.38. The smallest absolute Gasteiger partial charge is 0.115 e. The SMILES string of the molecule is C1C2CC3CC1CC(C2)C3.Oc1ccc(O)cc1.Oc1ccc(O)cc1. The molecule has 0 aromatic heterocycles. The van der Waals surface area contributed by atoms with Gasteiger partial charge in [-0.25, -0.2) is 0 Å². The first-order chi connectivity index (χ1) is 12.5. The van der Waals surface area contributed by atoms with E-state index < -0.39 is 0 Å². The molecule has 2 aromatic carbocycles. The molecule has 4 aliphatic rings. The molecule has 0 radical (unpaired) electrons. The van der Waals surface area contributed by atoms with Crippen molar-refractivity contribution in [1.82, 2.24) is 0 Å². The molecule has 6 rings (SSSR count). The van der Waals surface area contributed by atoms with Crippen molar-refractivity contribution in [2.45, 2.75) is 38.5 Å². The lowest BCUT2D eigenvalue weighted by atomic mass is 9.56. The molecule has 140 valence electrons. The van der Waals surface area contributed by atoms with Crippen LogP contribution >= 0.6 is 0 Å². The first kappa shape index (κ1) is 18.4. The average Bonchev–Trinajstić information content (AvgIpc) is 2.60. The summed E-state index contributed by atoms with van der Waals surface area (Å²) in [5.41, 5.74) is 0. The Morgan fingerprint density at radius 2 is 0.538 bits per heavy atom. The van der Waals surface area contributed by atoms with Crippen molar-refractivity contribution in [2.75, 3.05) is 0 Å². The van der Waals surface area contributed by atoms with Crippen LogP contribution in [-0.2, 0) is 0 Å². The van der Waals surface area contributed by atoms with E-state index in [1.54, 1.807) is 38.5 Å². The zero-order valence-corrected chi connectivity index (χ0v) is 15.0. The standard InChI is InChI=1S/C10H16.2C6H6O2/c1-7-2-9-4-8(1)5-10(3-7)6-9;2*7-5-1-2-6(8)4-3-5/h7-10H,1-6H2;2*1-4,7-8H. The van der Waals surface area contributed by atoms with E-state index in [1.807, 2.05) is 0 Å². The molecule has 4 aliphatic carbocycles. The fourth-order valence-corrected chi connectivity index (χ4v) is 4.89. The van der Waals surface area contributed by atoms with Crippen LogP contribution in [0.15, 0.2) is 48.5 Å². The van der Waals surface area contributed by atoms with Crippen LogP contribution in [0.25, 0.3) is 0 Å². The van der Waals surface area contributed by atoms with Gasteiger partial charge in [0.05, 0.1) is 0 Å². The molecule has 4 fully saturated rings. The molecule has 0 saturated heterocycles. The van der Waals surface area contributed by atoms with E-state index in [0.717, 1.165) is 0 Å². The zero-order chi connectivity index (χ0) is 18.5. The second-order valence-electron chi connectivity index (χ2n) is 7.91. The fraction of sp³-hybridized carbons (Fsp3) is 0.455. The van der Waals surface area contributed by atoms with Gasteiger partial charge in [-0.1, -0.05) is 0 Å². The van der Waals surface area contributed by atoms with E-state index in [2.05, 4.69) is 0 Å². The van der Waals surface area contributed by atoms with Gasteiger partial charge in [0.2, 0.25) is 0 Å². The molecule has 0 aliphatic heterocycles. The second kappa shape index (κ2) is 8.35. The third-order valence-electron chi connectivity index (χ3n) is 5.70. The van der Waals surface area contributed by atoms with Gasteiger partial charge in [-0.15, -0.1) is 0 Å². The van der Waals surface area contributed by atoms with Crippen LogP contribution < -0.4 is 0 Å². The van der Waals surface area contributed by atoms with Crippen LogP contribution in [0.3, 0.4) is 0 Å². The summed E-state index contributed by atoms with van der Waals surface area (Å²) in [6.07, 6.45) is 9.62. The molecular formula is C22H28O4. The quantitative estimate of drug-likeness (QED) is 0.499. The summed E-state index contributed by atoms with van der Waals surface area (Å²) in [6.45, 7) is 0. The highest BCUT2D eigenvalue weighted by Crippen LogP contribution is 2.53. The summed E-state index contributed by atoms with van der Waals surface area (Å²) in [4.78, 5) is 0. The Balaban J connectivity index is 0.000000115. The largest absolute Gasteiger partial charge is 0.508 e. The summed E-state index contributed by atoms with van der Waals surface area (Å²) in [6, 6.07) is 11.4. The molecule has 0 heterocycles. The summed E-state index contributed by atoms with van der Waals surface area (Å²) in [5.74, 6) is 5.39. The van der Waals surface area contributed by atoms with E-state index >= 15 is 0 Å². The molecule has 26 heavy (non-hydrogen) atoms. The van der Waals surface area contributed by atoms with Gasteiger partial charge in [0.1, 0.15) is 23.0 Å². The molecule has 0 atom stereocenters. The number of phenolic OH excluding ortho intramolecular Hbond substituents is 4. The summed E-state index contributed by atoms with van der Waals surface area (Å²) < 4.78 is 0. The monoisotopic (exact) mass is 356 g/mol. The molecule has 4 N–H and O–H groups in total. The van der Waals surface area contributed by atoms with Gasteiger partial charge in [-0.3, -0.25) is 0 Å². The maximum absolute atomic E-state index is 8.65. The van der Waals surface area contributed by atoms with Crippen molar-refractivity contribution < 1.29 is 20.4 Å². The minimum atomic E-state index is 0.169. The van der Waals surface area contributed by atoms with Crippen LogP contribution in [0, 0.1) is 23.7 Å². The average molecular weight is 356 g/mol. The highest BCUT2D eigenvalue weighted by molar-refractivity contribution is 5.29. The molecule has 4 heteroatoms. The topological polar surface area (TPSA) is 80.9 Å². The fourth-order valence-electron chi connectivity index (χ4n) is 4.89. The minimum Gasteiger partial charge on any atom is -0.508 e. The minimum absolute atomic E-state index is 0.169. The Labute approximate surface area is 154 Å². The van der Waals surface area contributed by atoms with E-state index in [1.165, 1.54) is 72.2 Å². The van der Waals surface area contributed by atoms with Gasteiger partial charge in [0.15, 0.2) is 0 Å². The lowest BCUT2D eigenvalue weighted by molar-refractivity contribution is 0.0198. The van der Waals surface area contributed by atoms with Crippen molar-refractivity contribution in [3.63, 3.8) is 0 Å². The van der Waals surface area contributed by atoms with Crippen LogP contribution in [0.5, 0.6) is 23.0 Å². The lowest BCUT2D eigenvalue weighted by Gasteiger charge is -2.49. The van der Waals surface area contributed by atoms with E-state index in [0.29, 0.717) is 0 Å². The van der Waals surface area contributed by atoms with Gasteiger partial charge >= 0.3 is 0 Å². The number of hydrogen-bond donors (Lipinski definition) is 4. The van der Waals surface area contributed by atoms with E-state index in [9.17, 15) is 0 Å². The van der Waals surface area contributed by atoms with Crippen LogP contribution in [0.1, 0.15) is 38.5 Å². The number of phenols is 4. The molecule has 2 aromatic rings. The Kier molecular flexibility index (Phi) is 5.92. The molecule has 0 amide bonds. The molecule has 4 nitrogen and oxygen atoms in total. The highest BCUT2D eigenvalue weighted by Gasteiger charge is 2.41. The third kappa shape index (κ3) is 5.32. The Morgan fingerprint density at radius 1 is 0.385 bits per heavy atom. The Hall–Kier alpha value is -2.36. The number of benzene rings is 2. The van der Waals surface area contributed by atoms with Gasteiger partial charge in [-0.05, 0) is 111 Å². The summed E-state index contributed by atoms with van der Waals surface area (Å²) in [7, 11) is 0. The summed E-state index contributed by atoms with van der Waals surface area (Å²) >= 11 is 0. The summed E-state index contributed by atoms with van der Waals surface area (Å²) in [5, 5.41) is 34.6. The van der Waals surface area contributed by atoms with Crippen LogP contribution in [-0.4, -0.2) is 20.4 Å². The molecule has 0 unspecified atom stereocenters. The van der Waals surface area contributed by atoms with Gasteiger partial charge in [0, 0.05) is 0 Å². The zero-order valence-electron chi connectivity index (χ0n) is 15.0. The first-order valence-corrected chi connectivity index (χ1v) is 9.44. The van der Waals surface area contributed by atoms with E-state index in [4.69, 9.17) is 20.4 Å². The van der Waals surface area contributed by atoms with Gasteiger partial charge in [0.25, 0.3) is 0 Å². The number of hydrogen-bond acceptors (Lipinski definition) is 4. The number of aromatic hydroxyl groups is 4. The van der Waals surface area contributed by atoms with Gasteiger partial charge in [-0.2, -0.15) is 0 Å². The maximum Gasteiger partial charge on any atom is 0.115 e. The van der Waals surface area contributed by atoms with E-state index in [-0.39, 0.29) is 23.0 Å². The van der Waals surface area contributed by atoms with Crippen molar-refractivity contribution in [3.8, 4) is 23.0 Å². The predicted molar refractivity (Wildman–Crippen MR) is 101 cm³/mol. The molecule has 4 bridgehead atoms. The maximum atomic E-state index is 8.65. The molecule has 4 saturated carbocycles. The van der Waals surface area contributed by atoms with Crippen molar-refractivity contribution >= 4 is 0 Å². The van der Waals surface area contributed by atoms with Crippen LogP contribution in [0.2, 0.25) is 0 Å². The highest BCUT2D eigenvalue weighted by atomic mass is 16.3. The second-order valence-corrected chi connectivity index (χ2v) is 7.91. The molecule has 0 spiro atoms. The Bertz CT molecular complexity index is 536. The Morgan fingerprint density at radius 3 is 0.692 bits per heavy atom. The van der Waals surface area contributed by atoms with Crippen molar-refractivity contribution in [1.29, 1.82) is 0 Å². The van der Waals surface area contributed by atoms with Crippen molar-refractivity contribution in [3.05, 3.63) is 48.5 Å². The van der Waals surface area contributed by atoms with Crippen LogP contribution in [0.4, 0.5) is 0 Å². The normalized spacial score (nSPS) is 27.7. The van der Waals surface area contributed by atoms with Crippen molar-refractivity contribution in [2.24, 2.45) is 23.7 Å². The predicted octanol–water partition coefficient (Wildman–Crippen LogP) is 5.03.